The topological polar surface area (TPSA) is 115 Å². The Balaban J connectivity index is 2.00. The second-order valence-corrected chi connectivity index (χ2v) is 6.58. The fraction of sp³-hybridized carbons (Fsp3) is 0.263. The molecule has 30 heavy (non-hydrogen) atoms. The van der Waals surface area contributed by atoms with E-state index in [1.54, 1.807) is 20.0 Å². The molecular weight excluding hydrogens is 396 g/mol. The number of aryl methyl sites for hydroxylation is 2. The van der Waals surface area contributed by atoms with Crippen molar-refractivity contribution >= 4 is 23.2 Å². The first kappa shape index (κ1) is 21.0. The lowest BCUT2D eigenvalue weighted by molar-refractivity contribution is -0.114. The van der Waals surface area contributed by atoms with Gasteiger partial charge >= 0.3 is 5.92 Å². The first-order valence-corrected chi connectivity index (χ1v) is 8.85. The van der Waals surface area contributed by atoms with E-state index in [2.05, 4.69) is 35.6 Å². The van der Waals surface area contributed by atoms with E-state index in [1.807, 2.05) is 0 Å². The van der Waals surface area contributed by atoms with Gasteiger partial charge in [0.1, 0.15) is 11.6 Å². The highest BCUT2D eigenvalue weighted by Gasteiger charge is 2.29. The molecule has 0 aromatic carbocycles. The molecule has 0 atom stereocenters. The molecule has 3 rings (SSSR count). The van der Waals surface area contributed by atoms with Crippen molar-refractivity contribution in [2.75, 3.05) is 10.6 Å². The minimum Gasteiger partial charge on any atom is -0.434 e. The molecule has 11 heteroatoms. The molecule has 1 amide bonds. The zero-order chi connectivity index (χ0) is 21.9. The molecule has 9 nitrogen and oxygen atoms in total. The Morgan fingerprint density at radius 3 is 2.47 bits per heavy atom. The van der Waals surface area contributed by atoms with Crippen molar-refractivity contribution in [3.63, 3.8) is 0 Å². The predicted octanol–water partition coefficient (Wildman–Crippen LogP) is 3.88. The monoisotopic (exact) mass is 415 g/mol. The number of halogens is 2. The molecule has 0 spiro atoms. The number of hydrogen-bond donors (Lipinski definition) is 2. The maximum Gasteiger partial charge on any atom is 0.303 e. The van der Waals surface area contributed by atoms with Crippen LogP contribution in [0.4, 0.5) is 26.1 Å². The van der Waals surface area contributed by atoms with E-state index >= 15 is 0 Å². The van der Waals surface area contributed by atoms with Gasteiger partial charge in [-0.25, -0.2) is 19.9 Å². The normalized spacial score (nSPS) is 11.1. The Bertz CT molecular complexity index is 1090. The third-order valence-corrected chi connectivity index (χ3v) is 3.63. The highest BCUT2D eigenvalue weighted by atomic mass is 19.3. The SMILES string of the molecule is CC(=O)Nc1cc(Nc2cc(C)nc(C(C)(F)F)n2)c(Oc2cncc(C)n2)cn1. The quantitative estimate of drug-likeness (QED) is 0.623. The predicted molar refractivity (Wildman–Crippen MR) is 105 cm³/mol. The highest BCUT2D eigenvalue weighted by molar-refractivity contribution is 5.88. The fourth-order valence-corrected chi connectivity index (χ4v) is 2.44. The van der Waals surface area contributed by atoms with Crippen molar-refractivity contribution in [1.29, 1.82) is 0 Å². The number of carbonyl (C=O) groups excluding carboxylic acids is 1. The summed E-state index contributed by atoms with van der Waals surface area (Å²) in [4.78, 5) is 31.4. The van der Waals surface area contributed by atoms with Crippen LogP contribution in [0.5, 0.6) is 11.6 Å². The number of alkyl halides is 2. The highest BCUT2D eigenvalue weighted by Crippen LogP contribution is 2.33. The number of nitrogens with one attached hydrogen (secondary N) is 2. The average molecular weight is 415 g/mol. The standard InChI is InChI=1S/C19H19F2N7O2/c1-10-5-16(28-18(25-10)19(4,20)21)27-13-6-15(26-12(3)29)23-8-14(13)30-17-9-22-7-11(2)24-17/h5-9H,1-4H3,(H2,23,25,26,27,28,29). The molecule has 3 heterocycles. The van der Waals surface area contributed by atoms with Crippen LogP contribution in [0.3, 0.4) is 0 Å². The molecule has 156 valence electrons. The van der Waals surface area contributed by atoms with Crippen molar-refractivity contribution < 1.29 is 18.3 Å². The first-order valence-electron chi connectivity index (χ1n) is 8.85. The van der Waals surface area contributed by atoms with Crippen molar-refractivity contribution in [3.8, 4) is 11.6 Å². The van der Waals surface area contributed by atoms with Gasteiger partial charge in [-0.2, -0.15) is 8.78 Å². The van der Waals surface area contributed by atoms with Crippen LogP contribution < -0.4 is 15.4 Å². The summed E-state index contributed by atoms with van der Waals surface area (Å²) in [6.45, 7) is 5.40. The van der Waals surface area contributed by atoms with Gasteiger partial charge in [-0.3, -0.25) is 9.78 Å². The Hall–Kier alpha value is -3.76. The fourth-order valence-electron chi connectivity index (χ4n) is 2.44. The summed E-state index contributed by atoms with van der Waals surface area (Å²) in [5, 5.41) is 5.48. The van der Waals surface area contributed by atoms with Gasteiger partial charge in [0.05, 0.1) is 23.8 Å². The summed E-state index contributed by atoms with van der Waals surface area (Å²) < 4.78 is 33.2. The Kier molecular flexibility index (Phi) is 5.81. The lowest BCUT2D eigenvalue weighted by atomic mass is 10.3. The Morgan fingerprint density at radius 2 is 1.80 bits per heavy atom. The Labute approximate surface area is 171 Å². The van der Waals surface area contributed by atoms with E-state index in [1.165, 1.54) is 31.5 Å². The lowest BCUT2D eigenvalue weighted by Crippen LogP contribution is -2.14. The molecule has 0 radical (unpaired) electrons. The summed E-state index contributed by atoms with van der Waals surface area (Å²) in [5.41, 5.74) is 1.32. The molecule has 0 aliphatic carbocycles. The van der Waals surface area contributed by atoms with Gasteiger partial charge in [0.15, 0.2) is 5.75 Å². The van der Waals surface area contributed by atoms with Crippen LogP contribution in [0, 0.1) is 13.8 Å². The molecule has 3 aromatic rings. The molecule has 0 unspecified atom stereocenters. The summed E-state index contributed by atoms with van der Waals surface area (Å²) in [7, 11) is 0. The number of aromatic nitrogens is 5. The van der Waals surface area contributed by atoms with E-state index in [0.717, 1.165) is 6.92 Å². The average Bonchev–Trinajstić information content (AvgIpc) is 2.62. The zero-order valence-corrected chi connectivity index (χ0v) is 16.7. The third-order valence-electron chi connectivity index (χ3n) is 3.63. The third kappa shape index (κ3) is 5.40. The molecule has 2 N–H and O–H groups in total. The number of amides is 1. The van der Waals surface area contributed by atoms with Crippen LogP contribution in [0.1, 0.15) is 31.1 Å². The van der Waals surface area contributed by atoms with Gasteiger partial charge in [0, 0.05) is 37.9 Å². The molecule has 0 bridgehead atoms. The summed E-state index contributed by atoms with van der Waals surface area (Å²) in [5.74, 6) is -3.35. The van der Waals surface area contributed by atoms with E-state index in [9.17, 15) is 13.6 Å². The summed E-state index contributed by atoms with van der Waals surface area (Å²) in [6, 6.07) is 2.99. The van der Waals surface area contributed by atoms with Gasteiger partial charge in [0.25, 0.3) is 0 Å². The van der Waals surface area contributed by atoms with E-state index in [0.29, 0.717) is 17.1 Å². The number of carbonyl (C=O) groups is 1. The minimum atomic E-state index is -3.21. The number of rotatable bonds is 6. The molecule has 0 saturated carbocycles. The second kappa shape index (κ2) is 8.31. The molecule has 3 aromatic heterocycles. The van der Waals surface area contributed by atoms with E-state index < -0.39 is 11.7 Å². The largest absolute Gasteiger partial charge is 0.434 e. The lowest BCUT2D eigenvalue weighted by Gasteiger charge is -2.15. The summed E-state index contributed by atoms with van der Waals surface area (Å²) >= 11 is 0. The Morgan fingerprint density at radius 1 is 1.03 bits per heavy atom. The smallest absolute Gasteiger partial charge is 0.303 e. The number of anilines is 3. The van der Waals surface area contributed by atoms with Crippen LogP contribution in [-0.2, 0) is 10.7 Å². The van der Waals surface area contributed by atoms with Gasteiger partial charge in [-0.1, -0.05) is 0 Å². The maximum absolute atomic E-state index is 13.7. The van der Waals surface area contributed by atoms with Crippen LogP contribution in [0.2, 0.25) is 0 Å². The first-order chi connectivity index (χ1) is 14.1. The zero-order valence-electron chi connectivity index (χ0n) is 16.7. The van der Waals surface area contributed by atoms with Gasteiger partial charge in [-0.05, 0) is 13.8 Å². The van der Waals surface area contributed by atoms with Crippen LogP contribution in [-0.4, -0.2) is 30.8 Å². The van der Waals surface area contributed by atoms with E-state index in [4.69, 9.17) is 4.74 Å². The molecule has 0 saturated heterocycles. The van der Waals surface area contributed by atoms with Crippen molar-refractivity contribution in [2.45, 2.75) is 33.6 Å². The van der Waals surface area contributed by atoms with E-state index in [-0.39, 0.29) is 29.2 Å². The molecular formula is C19H19F2N7O2. The van der Waals surface area contributed by atoms with Crippen LogP contribution >= 0.6 is 0 Å². The van der Waals surface area contributed by atoms with Gasteiger partial charge < -0.3 is 15.4 Å². The number of nitrogens with zero attached hydrogens (tertiary/aromatic N) is 5. The van der Waals surface area contributed by atoms with Crippen molar-refractivity contribution in [1.82, 2.24) is 24.9 Å². The minimum absolute atomic E-state index is 0.124. The van der Waals surface area contributed by atoms with Crippen LogP contribution in [0.25, 0.3) is 0 Å². The number of hydrogen-bond acceptors (Lipinski definition) is 8. The molecule has 0 aliphatic rings. The van der Waals surface area contributed by atoms with Crippen molar-refractivity contribution in [2.24, 2.45) is 0 Å². The van der Waals surface area contributed by atoms with Crippen molar-refractivity contribution in [3.05, 3.63) is 47.9 Å². The second-order valence-electron chi connectivity index (χ2n) is 6.58. The van der Waals surface area contributed by atoms with Gasteiger partial charge in [0.2, 0.25) is 17.6 Å². The number of ether oxygens (including phenoxy) is 1. The molecule has 0 aliphatic heterocycles. The van der Waals surface area contributed by atoms with Crippen LogP contribution in [0.15, 0.2) is 30.7 Å². The summed E-state index contributed by atoms with van der Waals surface area (Å²) in [6.07, 6.45) is 4.35. The number of pyridine rings is 1. The van der Waals surface area contributed by atoms with Gasteiger partial charge in [-0.15, -0.1) is 0 Å². The maximum atomic E-state index is 13.7. The molecule has 0 fully saturated rings.